The third kappa shape index (κ3) is 2.34. The summed E-state index contributed by atoms with van der Waals surface area (Å²) in [5, 5.41) is 0. The number of rotatable bonds is 2. The Labute approximate surface area is 161 Å². The quantitative estimate of drug-likeness (QED) is 0.410. The van der Waals surface area contributed by atoms with Crippen molar-refractivity contribution in [2.45, 2.75) is 101 Å². The molecule has 2 heteroatoms. The second-order valence-electron chi connectivity index (χ2n) is 10.7. The molecule has 4 bridgehead atoms. The molecule has 7 rings (SSSR count). The molecule has 0 unspecified atom stereocenters. The van der Waals surface area contributed by atoms with Crippen LogP contribution in [0.4, 0.5) is 4.39 Å². The molecule has 7 aliphatic carbocycles. The summed E-state index contributed by atoms with van der Waals surface area (Å²) < 4.78 is 15.3. The highest BCUT2D eigenvalue weighted by atomic mass is 79.9. The van der Waals surface area contributed by atoms with E-state index in [0.29, 0.717) is 10.8 Å². The molecule has 0 nitrogen and oxygen atoms in total. The van der Waals surface area contributed by atoms with Crippen LogP contribution in [-0.2, 0) is 0 Å². The van der Waals surface area contributed by atoms with Crippen molar-refractivity contribution in [1.29, 1.82) is 0 Å². The van der Waals surface area contributed by atoms with Gasteiger partial charge in [-0.25, -0.2) is 4.39 Å². The standard InChI is InChI=1S/C23H34BrF/c1-17-2-4-18(5-3-17)20-6-9-21(10-7-20,11-8-20)23-14-12-22(24,13-15-23)16-19(23)25/h16-18H,2-15H2,1H3. The van der Waals surface area contributed by atoms with E-state index in [1.54, 1.807) is 0 Å². The number of halogens is 2. The largest absolute Gasteiger partial charge is 0.211 e. The SMILES string of the molecule is CC1CCC(C23CCC(C45CCC(Br)(C=C4F)CC5)(CC2)CC3)CC1. The van der Waals surface area contributed by atoms with Crippen molar-refractivity contribution < 1.29 is 4.39 Å². The van der Waals surface area contributed by atoms with Gasteiger partial charge in [-0.05, 0) is 106 Å². The van der Waals surface area contributed by atoms with Crippen LogP contribution in [0, 0.1) is 28.1 Å². The Hall–Kier alpha value is 0.150. The Balaban J connectivity index is 1.38. The minimum absolute atomic E-state index is 0.0125. The maximum Gasteiger partial charge on any atom is 0.104 e. The summed E-state index contributed by atoms with van der Waals surface area (Å²) in [4.78, 5) is 0. The zero-order valence-corrected chi connectivity index (χ0v) is 17.5. The first-order valence-corrected chi connectivity index (χ1v) is 11.8. The minimum Gasteiger partial charge on any atom is -0.211 e. The van der Waals surface area contributed by atoms with Crippen LogP contribution in [0.5, 0.6) is 0 Å². The maximum atomic E-state index is 15.3. The smallest absolute Gasteiger partial charge is 0.104 e. The van der Waals surface area contributed by atoms with Gasteiger partial charge < -0.3 is 0 Å². The summed E-state index contributed by atoms with van der Waals surface area (Å²) in [5.41, 5.74) is 0.851. The molecule has 0 atom stereocenters. The Morgan fingerprint density at radius 3 is 1.92 bits per heavy atom. The molecule has 0 amide bonds. The molecule has 0 spiro atoms. The summed E-state index contributed by atoms with van der Waals surface area (Å²) in [6.07, 6.45) is 20.5. The van der Waals surface area contributed by atoms with Gasteiger partial charge in [0.1, 0.15) is 5.83 Å². The molecule has 5 fully saturated rings. The highest BCUT2D eigenvalue weighted by Crippen LogP contribution is 2.73. The third-order valence-corrected chi connectivity index (χ3v) is 11.0. The van der Waals surface area contributed by atoms with Gasteiger partial charge in [0.2, 0.25) is 0 Å². The number of fused-ring (bicyclic) bond motifs is 5. The fourth-order valence-electron chi connectivity index (χ4n) is 8.04. The van der Waals surface area contributed by atoms with Crippen LogP contribution in [0.25, 0.3) is 0 Å². The predicted molar refractivity (Wildman–Crippen MR) is 105 cm³/mol. The van der Waals surface area contributed by atoms with Gasteiger partial charge in [0, 0.05) is 9.74 Å². The van der Waals surface area contributed by atoms with E-state index < -0.39 is 0 Å². The predicted octanol–water partition coefficient (Wildman–Crippen LogP) is 7.71. The molecule has 5 saturated carbocycles. The molecular weight excluding hydrogens is 375 g/mol. The fraction of sp³-hybridized carbons (Fsp3) is 0.913. The van der Waals surface area contributed by atoms with Crippen molar-refractivity contribution in [3.8, 4) is 0 Å². The van der Waals surface area contributed by atoms with Crippen molar-refractivity contribution in [2.75, 3.05) is 0 Å². The van der Waals surface area contributed by atoms with E-state index in [4.69, 9.17) is 0 Å². The molecule has 140 valence electrons. The number of hydrogen-bond acceptors (Lipinski definition) is 0. The van der Waals surface area contributed by atoms with Gasteiger partial charge in [-0.3, -0.25) is 0 Å². The summed E-state index contributed by atoms with van der Waals surface area (Å²) >= 11 is 3.82. The van der Waals surface area contributed by atoms with Crippen molar-refractivity contribution in [3.05, 3.63) is 11.9 Å². The lowest BCUT2D eigenvalue weighted by atomic mass is 9.39. The van der Waals surface area contributed by atoms with E-state index in [-0.39, 0.29) is 15.6 Å². The molecule has 0 N–H and O–H groups in total. The van der Waals surface area contributed by atoms with Gasteiger partial charge in [0.05, 0.1) is 0 Å². The Bertz CT molecular complexity index is 550. The molecule has 0 aromatic carbocycles. The first-order chi connectivity index (χ1) is 11.9. The molecular formula is C23H34BrF. The van der Waals surface area contributed by atoms with E-state index >= 15 is 4.39 Å². The van der Waals surface area contributed by atoms with Crippen LogP contribution < -0.4 is 0 Å². The molecule has 25 heavy (non-hydrogen) atoms. The summed E-state index contributed by atoms with van der Waals surface area (Å²) in [6.45, 7) is 2.44. The lowest BCUT2D eigenvalue weighted by Gasteiger charge is -2.66. The molecule has 0 heterocycles. The fourth-order valence-corrected chi connectivity index (χ4v) is 8.64. The Morgan fingerprint density at radius 2 is 1.40 bits per heavy atom. The van der Waals surface area contributed by atoms with Gasteiger partial charge in [-0.2, -0.15) is 0 Å². The van der Waals surface area contributed by atoms with E-state index in [9.17, 15) is 0 Å². The number of alkyl halides is 1. The topological polar surface area (TPSA) is 0 Å². The van der Waals surface area contributed by atoms with Crippen LogP contribution in [0.3, 0.4) is 0 Å². The Morgan fingerprint density at radius 1 is 0.840 bits per heavy atom. The van der Waals surface area contributed by atoms with E-state index in [1.165, 1.54) is 64.2 Å². The zero-order chi connectivity index (χ0) is 17.3. The van der Waals surface area contributed by atoms with Gasteiger partial charge >= 0.3 is 0 Å². The van der Waals surface area contributed by atoms with Crippen LogP contribution in [-0.4, -0.2) is 4.32 Å². The van der Waals surface area contributed by atoms with Crippen molar-refractivity contribution in [1.82, 2.24) is 0 Å². The second-order valence-corrected chi connectivity index (χ2v) is 12.3. The van der Waals surface area contributed by atoms with E-state index in [0.717, 1.165) is 37.5 Å². The molecule has 0 aliphatic heterocycles. The highest BCUT2D eigenvalue weighted by molar-refractivity contribution is 9.10. The van der Waals surface area contributed by atoms with E-state index in [1.807, 2.05) is 6.08 Å². The second kappa shape index (κ2) is 5.58. The lowest BCUT2D eigenvalue weighted by molar-refractivity contribution is -0.134. The molecule has 0 saturated heterocycles. The Kier molecular flexibility index (Phi) is 3.85. The highest BCUT2D eigenvalue weighted by Gasteiger charge is 2.64. The molecule has 0 aromatic heterocycles. The van der Waals surface area contributed by atoms with Crippen LogP contribution in [0.2, 0.25) is 0 Å². The molecule has 0 radical (unpaired) electrons. The summed E-state index contributed by atoms with van der Waals surface area (Å²) in [7, 11) is 0. The van der Waals surface area contributed by atoms with E-state index in [2.05, 4.69) is 22.9 Å². The van der Waals surface area contributed by atoms with Crippen LogP contribution in [0.1, 0.15) is 96.8 Å². The third-order valence-electron chi connectivity index (χ3n) is 9.98. The number of allylic oxidation sites excluding steroid dienone is 2. The van der Waals surface area contributed by atoms with Gasteiger partial charge in [-0.15, -0.1) is 0 Å². The molecule has 0 aromatic rings. The lowest BCUT2D eigenvalue weighted by Crippen LogP contribution is -2.57. The summed E-state index contributed by atoms with van der Waals surface area (Å²) in [5.74, 6) is 2.20. The van der Waals surface area contributed by atoms with Gasteiger partial charge in [0.25, 0.3) is 0 Å². The number of hydrogen-bond donors (Lipinski definition) is 0. The minimum atomic E-state index is -0.0871. The van der Waals surface area contributed by atoms with Crippen molar-refractivity contribution in [3.63, 3.8) is 0 Å². The average Bonchev–Trinajstić information content (AvgIpc) is 2.64. The van der Waals surface area contributed by atoms with Crippen LogP contribution in [0.15, 0.2) is 11.9 Å². The normalized spacial score (nSPS) is 55.2. The maximum absolute atomic E-state index is 15.3. The molecule has 7 aliphatic rings. The average molecular weight is 409 g/mol. The van der Waals surface area contributed by atoms with Gasteiger partial charge in [0.15, 0.2) is 0 Å². The first kappa shape index (κ1) is 17.3. The van der Waals surface area contributed by atoms with Crippen molar-refractivity contribution in [2.24, 2.45) is 28.1 Å². The monoisotopic (exact) mass is 408 g/mol. The van der Waals surface area contributed by atoms with Crippen molar-refractivity contribution >= 4 is 15.9 Å². The van der Waals surface area contributed by atoms with Gasteiger partial charge in [-0.1, -0.05) is 35.7 Å². The summed E-state index contributed by atoms with van der Waals surface area (Å²) in [6, 6.07) is 0. The first-order valence-electron chi connectivity index (χ1n) is 11.0. The van der Waals surface area contributed by atoms with Crippen LogP contribution >= 0.6 is 15.9 Å². The zero-order valence-electron chi connectivity index (χ0n) is 15.9.